The molecule has 0 spiro atoms. The molecule has 0 bridgehead atoms. The molecule has 1 N–H and O–H groups in total. The van der Waals surface area contributed by atoms with Crippen molar-refractivity contribution in [3.63, 3.8) is 0 Å². The first-order valence-electron chi connectivity index (χ1n) is 9.65. The first-order chi connectivity index (χ1) is 14.1. The Morgan fingerprint density at radius 2 is 1.76 bits per heavy atom. The molecular formula is C22H21N3O3S. The molecule has 1 aliphatic rings. The summed E-state index contributed by atoms with van der Waals surface area (Å²) in [6, 6.07) is 15.6. The van der Waals surface area contributed by atoms with Crippen molar-refractivity contribution in [1.82, 2.24) is 15.2 Å². The maximum atomic E-state index is 12.3. The fourth-order valence-electron chi connectivity index (χ4n) is 3.36. The van der Waals surface area contributed by atoms with E-state index in [1.54, 1.807) is 11.3 Å². The molecule has 0 saturated carbocycles. The van der Waals surface area contributed by atoms with Gasteiger partial charge in [-0.2, -0.15) is 0 Å². The molecule has 3 aromatic rings. The number of carbonyl (C=O) groups is 3. The van der Waals surface area contributed by atoms with Crippen molar-refractivity contribution in [3.8, 4) is 0 Å². The van der Waals surface area contributed by atoms with Crippen LogP contribution in [0.4, 0.5) is 0 Å². The molecule has 148 valence electrons. The number of thiazole rings is 1. The number of hydrogen-bond acceptors (Lipinski definition) is 5. The quantitative estimate of drug-likeness (QED) is 0.482. The highest BCUT2D eigenvalue weighted by Gasteiger charge is 2.27. The van der Waals surface area contributed by atoms with Gasteiger partial charge in [0.15, 0.2) is 0 Å². The second-order valence-corrected chi connectivity index (χ2v) is 8.11. The van der Waals surface area contributed by atoms with Crippen LogP contribution in [0.15, 0.2) is 48.5 Å². The van der Waals surface area contributed by atoms with Crippen LogP contribution in [-0.2, 0) is 16.0 Å². The highest BCUT2D eigenvalue weighted by atomic mass is 32.1. The number of likely N-dealkylation sites (tertiary alicyclic amines) is 1. The summed E-state index contributed by atoms with van der Waals surface area (Å²) < 4.78 is 1.18. The van der Waals surface area contributed by atoms with E-state index in [1.807, 2.05) is 42.5 Å². The summed E-state index contributed by atoms with van der Waals surface area (Å²) in [6.07, 6.45) is 1.89. The van der Waals surface area contributed by atoms with Gasteiger partial charge >= 0.3 is 0 Å². The molecule has 3 amide bonds. The lowest BCUT2D eigenvalue weighted by molar-refractivity contribution is -0.138. The average molecular weight is 407 g/mol. The molecule has 1 fully saturated rings. The van der Waals surface area contributed by atoms with Crippen molar-refractivity contribution < 1.29 is 14.4 Å². The molecule has 0 unspecified atom stereocenters. The van der Waals surface area contributed by atoms with Crippen LogP contribution >= 0.6 is 11.3 Å². The van der Waals surface area contributed by atoms with Gasteiger partial charge in [-0.15, -0.1) is 11.3 Å². The second-order valence-electron chi connectivity index (χ2n) is 7.00. The van der Waals surface area contributed by atoms with Crippen molar-refractivity contribution >= 4 is 39.3 Å². The van der Waals surface area contributed by atoms with Crippen LogP contribution in [0, 0.1) is 0 Å². The molecule has 1 aromatic heterocycles. The number of fused-ring (bicyclic) bond motifs is 1. The first-order valence-corrected chi connectivity index (χ1v) is 10.5. The van der Waals surface area contributed by atoms with Crippen molar-refractivity contribution in [3.05, 3.63) is 64.7 Å². The fourth-order valence-corrected chi connectivity index (χ4v) is 4.36. The summed E-state index contributed by atoms with van der Waals surface area (Å²) in [6.45, 7) is 0.780. The summed E-state index contributed by atoms with van der Waals surface area (Å²) in [4.78, 5) is 41.3. The maximum Gasteiger partial charge on any atom is 0.251 e. The first kappa shape index (κ1) is 19.3. The number of carbonyl (C=O) groups excluding carboxylic acids is 3. The normalized spacial score (nSPS) is 14.0. The minimum atomic E-state index is -0.157. The van der Waals surface area contributed by atoms with Crippen LogP contribution in [0.3, 0.4) is 0 Å². The molecule has 0 atom stereocenters. The minimum Gasteiger partial charge on any atom is -0.352 e. The van der Waals surface area contributed by atoms with Crippen LogP contribution in [-0.4, -0.2) is 40.7 Å². The number of aromatic nitrogens is 1. The van der Waals surface area contributed by atoms with Gasteiger partial charge in [-0.25, -0.2) is 4.98 Å². The third-order valence-electron chi connectivity index (χ3n) is 4.91. The zero-order valence-electron chi connectivity index (χ0n) is 15.9. The minimum absolute atomic E-state index is 0.120. The second kappa shape index (κ2) is 8.53. The Morgan fingerprint density at radius 1 is 1.03 bits per heavy atom. The van der Waals surface area contributed by atoms with E-state index < -0.39 is 0 Å². The third-order valence-corrected chi connectivity index (χ3v) is 5.94. The predicted molar refractivity (Wildman–Crippen MR) is 112 cm³/mol. The molecule has 2 heterocycles. The number of rotatable bonds is 7. The molecule has 1 saturated heterocycles. The average Bonchev–Trinajstić information content (AvgIpc) is 3.28. The van der Waals surface area contributed by atoms with E-state index in [-0.39, 0.29) is 17.7 Å². The third kappa shape index (κ3) is 4.51. The summed E-state index contributed by atoms with van der Waals surface area (Å²) in [5.74, 6) is -0.398. The van der Waals surface area contributed by atoms with Crippen molar-refractivity contribution in [2.45, 2.75) is 25.7 Å². The molecule has 0 aliphatic carbocycles. The van der Waals surface area contributed by atoms with Crippen molar-refractivity contribution in [2.75, 3.05) is 13.1 Å². The Hall–Kier alpha value is -3.06. The van der Waals surface area contributed by atoms with Gasteiger partial charge in [-0.05, 0) is 36.2 Å². The van der Waals surface area contributed by atoms with Gasteiger partial charge in [-0.3, -0.25) is 19.3 Å². The van der Waals surface area contributed by atoms with Crippen LogP contribution < -0.4 is 5.32 Å². The monoisotopic (exact) mass is 407 g/mol. The lowest BCUT2D eigenvalue weighted by atomic mass is 10.1. The number of para-hydroxylation sites is 1. The van der Waals surface area contributed by atoms with E-state index in [9.17, 15) is 14.4 Å². The van der Waals surface area contributed by atoms with Crippen LogP contribution in [0.1, 0.15) is 40.2 Å². The molecule has 7 heteroatoms. The zero-order valence-corrected chi connectivity index (χ0v) is 16.7. The van der Waals surface area contributed by atoms with Gasteiger partial charge in [0.1, 0.15) is 0 Å². The largest absolute Gasteiger partial charge is 0.352 e. The Morgan fingerprint density at radius 3 is 2.48 bits per heavy atom. The summed E-state index contributed by atoms with van der Waals surface area (Å²) in [7, 11) is 0. The van der Waals surface area contributed by atoms with E-state index in [0.717, 1.165) is 22.5 Å². The highest BCUT2D eigenvalue weighted by Crippen LogP contribution is 2.23. The Bertz CT molecular complexity index is 1010. The maximum absolute atomic E-state index is 12.3. The fraction of sp³-hybridized carbons (Fsp3) is 0.273. The van der Waals surface area contributed by atoms with Crippen molar-refractivity contribution in [2.24, 2.45) is 0 Å². The SMILES string of the molecule is O=C(NCCCN1C(=O)CCC1=O)c1ccc(Cc2nc3ccccc3s2)cc1. The van der Waals surface area contributed by atoms with Crippen LogP contribution in [0.25, 0.3) is 10.2 Å². The summed E-state index contributed by atoms with van der Waals surface area (Å²) >= 11 is 1.68. The molecule has 2 aromatic carbocycles. The van der Waals surface area contributed by atoms with E-state index in [0.29, 0.717) is 37.9 Å². The molecule has 4 rings (SSSR count). The van der Waals surface area contributed by atoms with Gasteiger partial charge < -0.3 is 5.32 Å². The van der Waals surface area contributed by atoms with Gasteiger partial charge in [0.05, 0.1) is 15.2 Å². The molecule has 6 nitrogen and oxygen atoms in total. The summed E-state index contributed by atoms with van der Waals surface area (Å²) in [5.41, 5.74) is 2.71. The summed E-state index contributed by atoms with van der Waals surface area (Å²) in [5, 5.41) is 3.89. The highest BCUT2D eigenvalue weighted by molar-refractivity contribution is 7.18. The molecule has 0 radical (unpaired) electrons. The van der Waals surface area contributed by atoms with Crippen LogP contribution in [0.5, 0.6) is 0 Å². The smallest absolute Gasteiger partial charge is 0.251 e. The molecule has 29 heavy (non-hydrogen) atoms. The zero-order chi connectivity index (χ0) is 20.2. The standard InChI is InChI=1S/C22H21N3O3S/c26-20-10-11-21(27)25(20)13-3-12-23-22(28)16-8-6-15(7-9-16)14-19-24-17-4-1-2-5-18(17)29-19/h1-2,4-9H,3,10-14H2,(H,23,28). The number of nitrogens with one attached hydrogen (secondary N) is 1. The van der Waals surface area contributed by atoms with Gasteiger partial charge in [0.2, 0.25) is 11.8 Å². The van der Waals surface area contributed by atoms with Gasteiger partial charge in [0, 0.05) is 37.9 Å². The molecular weight excluding hydrogens is 386 g/mol. The Balaban J connectivity index is 1.27. The van der Waals surface area contributed by atoms with Gasteiger partial charge in [-0.1, -0.05) is 24.3 Å². The number of nitrogens with zero attached hydrogens (tertiary/aromatic N) is 2. The van der Waals surface area contributed by atoms with E-state index >= 15 is 0 Å². The lowest BCUT2D eigenvalue weighted by Gasteiger charge is -2.13. The van der Waals surface area contributed by atoms with Gasteiger partial charge in [0.25, 0.3) is 5.91 Å². The Kier molecular flexibility index (Phi) is 5.67. The number of amides is 3. The van der Waals surface area contributed by atoms with E-state index in [1.165, 1.54) is 9.60 Å². The lowest BCUT2D eigenvalue weighted by Crippen LogP contribution is -2.33. The number of benzene rings is 2. The topological polar surface area (TPSA) is 79.4 Å². The number of hydrogen-bond donors (Lipinski definition) is 1. The molecule has 1 aliphatic heterocycles. The number of imide groups is 1. The Labute approximate surface area is 172 Å². The predicted octanol–water partition coefficient (Wildman–Crippen LogP) is 3.16. The van der Waals surface area contributed by atoms with Crippen molar-refractivity contribution in [1.29, 1.82) is 0 Å². The van der Waals surface area contributed by atoms with E-state index in [2.05, 4.69) is 16.4 Å². The van der Waals surface area contributed by atoms with Crippen LogP contribution in [0.2, 0.25) is 0 Å². The van der Waals surface area contributed by atoms with E-state index in [4.69, 9.17) is 0 Å².